The molecule has 0 spiro atoms. The van der Waals surface area contributed by atoms with Crippen molar-refractivity contribution in [3.63, 3.8) is 0 Å². The van der Waals surface area contributed by atoms with E-state index in [1.165, 1.54) is 71.5 Å². The van der Waals surface area contributed by atoms with Gasteiger partial charge in [0.05, 0.1) is 0 Å². The molecule has 0 aromatic carbocycles. The van der Waals surface area contributed by atoms with Crippen molar-refractivity contribution in [1.29, 1.82) is 0 Å². The van der Waals surface area contributed by atoms with Gasteiger partial charge in [-0.05, 0) is 52.6 Å². The molecular weight excluding hydrogens is 260 g/mol. The molecule has 2 heterocycles. The Morgan fingerprint density at radius 2 is 1.71 bits per heavy atom. The molecule has 1 unspecified atom stereocenters. The monoisotopic (exact) mass is 296 g/mol. The number of hydrogen-bond acceptors (Lipinski definition) is 4. The Kier molecular flexibility index (Phi) is 6.48. The fourth-order valence-electron chi connectivity index (χ4n) is 4.13. The van der Waals surface area contributed by atoms with Crippen molar-refractivity contribution < 1.29 is 0 Å². The Bertz CT molecular complexity index is 299. The van der Waals surface area contributed by atoms with E-state index in [4.69, 9.17) is 5.73 Å². The van der Waals surface area contributed by atoms with Crippen molar-refractivity contribution >= 4 is 0 Å². The lowest BCUT2D eigenvalue weighted by Crippen LogP contribution is -2.60. The van der Waals surface area contributed by atoms with Crippen LogP contribution in [0, 0.1) is 0 Å². The lowest BCUT2D eigenvalue weighted by molar-refractivity contribution is 0.0261. The molecule has 21 heavy (non-hydrogen) atoms. The summed E-state index contributed by atoms with van der Waals surface area (Å²) in [7, 11) is 0. The van der Waals surface area contributed by atoms with Crippen LogP contribution in [-0.4, -0.2) is 78.6 Å². The molecule has 2 fully saturated rings. The Hall–Kier alpha value is -0.160. The Morgan fingerprint density at radius 3 is 2.29 bits per heavy atom. The van der Waals surface area contributed by atoms with E-state index < -0.39 is 0 Å². The third-order valence-electron chi connectivity index (χ3n) is 5.65. The van der Waals surface area contributed by atoms with Crippen LogP contribution in [-0.2, 0) is 0 Å². The van der Waals surface area contributed by atoms with Gasteiger partial charge in [-0.3, -0.25) is 4.90 Å². The summed E-state index contributed by atoms with van der Waals surface area (Å²) in [5.41, 5.74) is 6.55. The smallest absolute Gasteiger partial charge is 0.0345 e. The first-order chi connectivity index (χ1) is 10.1. The average molecular weight is 297 g/mol. The van der Waals surface area contributed by atoms with E-state index in [0.717, 1.165) is 6.54 Å². The third kappa shape index (κ3) is 4.19. The SMILES string of the molecule is CCCN1CCN(C2(CN)CCCN(C(C)C)CC2)CC1. The van der Waals surface area contributed by atoms with E-state index >= 15 is 0 Å². The Labute approximate surface area is 131 Å². The number of rotatable bonds is 5. The van der Waals surface area contributed by atoms with Crippen LogP contribution >= 0.6 is 0 Å². The molecule has 1 atom stereocenters. The van der Waals surface area contributed by atoms with Gasteiger partial charge in [0.1, 0.15) is 0 Å². The fourth-order valence-corrected chi connectivity index (χ4v) is 4.13. The molecule has 2 rings (SSSR count). The molecule has 0 radical (unpaired) electrons. The van der Waals surface area contributed by atoms with Gasteiger partial charge in [0.2, 0.25) is 0 Å². The Balaban J connectivity index is 1.95. The average Bonchev–Trinajstić information content (AvgIpc) is 2.72. The molecule has 0 aromatic rings. The number of hydrogen-bond donors (Lipinski definition) is 1. The van der Waals surface area contributed by atoms with E-state index in [2.05, 4.69) is 35.5 Å². The summed E-state index contributed by atoms with van der Waals surface area (Å²) in [5.74, 6) is 0. The number of nitrogens with two attached hydrogens (primary N) is 1. The highest BCUT2D eigenvalue weighted by Gasteiger charge is 2.38. The fraction of sp³-hybridized carbons (Fsp3) is 1.00. The van der Waals surface area contributed by atoms with Crippen LogP contribution in [0.4, 0.5) is 0 Å². The predicted molar refractivity (Wildman–Crippen MR) is 90.6 cm³/mol. The van der Waals surface area contributed by atoms with Crippen molar-refractivity contribution in [1.82, 2.24) is 14.7 Å². The summed E-state index contributed by atoms with van der Waals surface area (Å²) in [4.78, 5) is 7.96. The van der Waals surface area contributed by atoms with Gasteiger partial charge in [-0.25, -0.2) is 0 Å². The summed E-state index contributed by atoms with van der Waals surface area (Å²) in [6.45, 7) is 16.3. The lowest BCUT2D eigenvalue weighted by atomic mass is 9.87. The summed E-state index contributed by atoms with van der Waals surface area (Å²) in [6, 6.07) is 0.667. The van der Waals surface area contributed by atoms with Crippen molar-refractivity contribution in [2.45, 2.75) is 58.0 Å². The molecule has 2 aliphatic rings. The van der Waals surface area contributed by atoms with E-state index in [1.54, 1.807) is 0 Å². The molecule has 4 heteroatoms. The highest BCUT2D eigenvalue weighted by molar-refractivity contribution is 4.96. The molecule has 0 aliphatic carbocycles. The van der Waals surface area contributed by atoms with E-state index in [1.807, 2.05) is 0 Å². The van der Waals surface area contributed by atoms with Gasteiger partial charge >= 0.3 is 0 Å². The van der Waals surface area contributed by atoms with Crippen LogP contribution in [0.1, 0.15) is 46.5 Å². The standard InChI is InChI=1S/C17H36N4/c1-4-8-19-11-13-21(14-12-19)17(15-18)6-5-9-20(10-7-17)16(2)3/h16H,4-15,18H2,1-3H3. The lowest BCUT2D eigenvalue weighted by Gasteiger charge is -2.47. The van der Waals surface area contributed by atoms with Crippen LogP contribution in [0.25, 0.3) is 0 Å². The highest BCUT2D eigenvalue weighted by atomic mass is 15.3. The second-order valence-corrected chi connectivity index (χ2v) is 7.24. The minimum Gasteiger partial charge on any atom is -0.329 e. The quantitative estimate of drug-likeness (QED) is 0.836. The number of piperazine rings is 1. The van der Waals surface area contributed by atoms with Gasteiger partial charge in [-0.1, -0.05) is 6.92 Å². The summed E-state index contributed by atoms with van der Waals surface area (Å²) >= 11 is 0. The molecule has 2 saturated heterocycles. The van der Waals surface area contributed by atoms with Crippen LogP contribution < -0.4 is 5.73 Å². The number of nitrogens with zero attached hydrogens (tertiary/aromatic N) is 3. The maximum Gasteiger partial charge on any atom is 0.0345 e. The normalized spacial score (nSPS) is 30.7. The van der Waals surface area contributed by atoms with Crippen LogP contribution in [0.5, 0.6) is 0 Å². The van der Waals surface area contributed by atoms with E-state index in [9.17, 15) is 0 Å². The van der Waals surface area contributed by atoms with Crippen molar-refractivity contribution in [2.75, 3.05) is 52.4 Å². The van der Waals surface area contributed by atoms with Gasteiger partial charge in [0, 0.05) is 50.8 Å². The molecule has 4 nitrogen and oxygen atoms in total. The first-order valence-corrected chi connectivity index (χ1v) is 9.03. The molecular formula is C17H36N4. The highest BCUT2D eigenvalue weighted by Crippen LogP contribution is 2.29. The zero-order valence-corrected chi connectivity index (χ0v) is 14.5. The van der Waals surface area contributed by atoms with Gasteiger partial charge in [-0.2, -0.15) is 0 Å². The van der Waals surface area contributed by atoms with Gasteiger partial charge in [0.15, 0.2) is 0 Å². The second kappa shape index (κ2) is 7.91. The minimum absolute atomic E-state index is 0.266. The van der Waals surface area contributed by atoms with Crippen LogP contribution in [0.15, 0.2) is 0 Å². The first kappa shape index (κ1) is 17.2. The first-order valence-electron chi connectivity index (χ1n) is 9.03. The molecule has 124 valence electrons. The maximum atomic E-state index is 6.28. The third-order valence-corrected chi connectivity index (χ3v) is 5.65. The van der Waals surface area contributed by atoms with Crippen molar-refractivity contribution in [3.05, 3.63) is 0 Å². The van der Waals surface area contributed by atoms with Crippen LogP contribution in [0.2, 0.25) is 0 Å². The van der Waals surface area contributed by atoms with Crippen LogP contribution in [0.3, 0.4) is 0 Å². The molecule has 0 amide bonds. The zero-order valence-electron chi connectivity index (χ0n) is 14.5. The topological polar surface area (TPSA) is 35.7 Å². The summed E-state index contributed by atoms with van der Waals surface area (Å²) < 4.78 is 0. The molecule has 2 aliphatic heterocycles. The minimum atomic E-state index is 0.266. The van der Waals surface area contributed by atoms with Crippen molar-refractivity contribution in [3.8, 4) is 0 Å². The zero-order chi connectivity index (χ0) is 15.3. The largest absolute Gasteiger partial charge is 0.329 e. The molecule has 0 bridgehead atoms. The van der Waals surface area contributed by atoms with Gasteiger partial charge in [0.25, 0.3) is 0 Å². The van der Waals surface area contributed by atoms with Gasteiger partial charge < -0.3 is 15.5 Å². The molecule has 0 aromatic heterocycles. The van der Waals surface area contributed by atoms with Crippen molar-refractivity contribution in [2.24, 2.45) is 5.73 Å². The van der Waals surface area contributed by atoms with E-state index in [0.29, 0.717) is 6.04 Å². The summed E-state index contributed by atoms with van der Waals surface area (Å²) in [5, 5.41) is 0. The number of likely N-dealkylation sites (tertiary alicyclic amines) is 1. The second-order valence-electron chi connectivity index (χ2n) is 7.24. The van der Waals surface area contributed by atoms with E-state index in [-0.39, 0.29) is 5.54 Å². The Morgan fingerprint density at radius 1 is 1.00 bits per heavy atom. The molecule has 0 saturated carbocycles. The van der Waals surface area contributed by atoms with Gasteiger partial charge in [-0.15, -0.1) is 0 Å². The predicted octanol–water partition coefficient (Wildman–Crippen LogP) is 1.61. The maximum absolute atomic E-state index is 6.28. The summed E-state index contributed by atoms with van der Waals surface area (Å²) in [6.07, 6.45) is 5.09. The molecule has 2 N–H and O–H groups in total.